The van der Waals surface area contributed by atoms with Crippen molar-refractivity contribution in [3.8, 4) is 0 Å². The van der Waals surface area contributed by atoms with E-state index < -0.39 is 11.4 Å². The maximum atomic E-state index is 12.9. The molecule has 148 valence electrons. The first-order chi connectivity index (χ1) is 12.9. The molecule has 27 heavy (non-hydrogen) atoms. The van der Waals surface area contributed by atoms with Crippen LogP contribution in [0.25, 0.3) is 0 Å². The molecule has 1 aliphatic carbocycles. The van der Waals surface area contributed by atoms with E-state index in [9.17, 15) is 14.4 Å². The Kier molecular flexibility index (Phi) is 6.36. The number of thioether (sulfide) groups is 1. The Morgan fingerprint density at radius 2 is 2.07 bits per heavy atom. The lowest BCUT2D eigenvalue weighted by Gasteiger charge is -2.47. The Balaban J connectivity index is 1.65. The maximum Gasteiger partial charge on any atom is 0.252 e. The number of hydrogen-bond donors (Lipinski definition) is 2. The number of aromatic nitrogens is 2. The highest BCUT2D eigenvalue weighted by Gasteiger charge is 2.50. The first-order valence-electron chi connectivity index (χ1n) is 9.32. The Morgan fingerprint density at radius 3 is 2.78 bits per heavy atom. The molecular formula is C17H25N5O3S2. The standard InChI is InChI=1S/C17H25N5O3S2/c1-3-11(2)18-15-20-21-16(27-15)26-10-13(24)22-9-12(23)19-14(25)17(22)7-5-4-6-8-17/h11H,3-10H2,1-2H3,(H,18,20)(H,19,23,25)/t11-/m0/s1. The third-order valence-electron chi connectivity index (χ3n) is 5.18. The van der Waals surface area contributed by atoms with Gasteiger partial charge in [-0.3, -0.25) is 19.7 Å². The molecule has 1 aromatic rings. The molecule has 2 heterocycles. The van der Waals surface area contributed by atoms with Crippen molar-refractivity contribution in [1.82, 2.24) is 20.4 Å². The lowest BCUT2D eigenvalue weighted by molar-refractivity contribution is -0.158. The third kappa shape index (κ3) is 4.43. The molecule has 2 N–H and O–H groups in total. The lowest BCUT2D eigenvalue weighted by atomic mass is 9.78. The second-order valence-electron chi connectivity index (χ2n) is 7.06. The topological polar surface area (TPSA) is 104 Å². The average Bonchev–Trinajstić information content (AvgIpc) is 3.11. The summed E-state index contributed by atoms with van der Waals surface area (Å²) in [4.78, 5) is 38.8. The molecule has 1 aliphatic heterocycles. The van der Waals surface area contributed by atoms with Crippen molar-refractivity contribution in [3.05, 3.63) is 0 Å². The molecular weight excluding hydrogens is 386 g/mol. The number of hydrogen-bond acceptors (Lipinski definition) is 8. The first kappa shape index (κ1) is 20.1. The Bertz CT molecular complexity index is 717. The summed E-state index contributed by atoms with van der Waals surface area (Å²) in [6, 6.07) is 0.307. The second-order valence-corrected chi connectivity index (χ2v) is 9.26. The molecule has 0 bridgehead atoms. The van der Waals surface area contributed by atoms with Gasteiger partial charge < -0.3 is 10.2 Å². The zero-order chi connectivity index (χ0) is 19.4. The smallest absolute Gasteiger partial charge is 0.252 e. The highest BCUT2D eigenvalue weighted by molar-refractivity contribution is 8.01. The van der Waals surface area contributed by atoms with Crippen LogP contribution in [0.1, 0.15) is 52.4 Å². The Morgan fingerprint density at radius 1 is 1.33 bits per heavy atom. The largest absolute Gasteiger partial charge is 0.358 e. The number of rotatable bonds is 6. The predicted octanol–water partition coefficient (Wildman–Crippen LogP) is 2.03. The van der Waals surface area contributed by atoms with Crippen LogP contribution in [0.15, 0.2) is 4.34 Å². The minimum Gasteiger partial charge on any atom is -0.358 e. The van der Waals surface area contributed by atoms with E-state index in [1.165, 1.54) is 28.0 Å². The molecule has 3 amide bonds. The van der Waals surface area contributed by atoms with Gasteiger partial charge in [0.25, 0.3) is 5.91 Å². The molecule has 8 nitrogen and oxygen atoms in total. The van der Waals surface area contributed by atoms with Crippen LogP contribution in [0, 0.1) is 0 Å². The molecule has 0 unspecified atom stereocenters. The van der Waals surface area contributed by atoms with Crippen molar-refractivity contribution in [2.75, 3.05) is 17.6 Å². The summed E-state index contributed by atoms with van der Waals surface area (Å²) in [6.45, 7) is 4.10. The van der Waals surface area contributed by atoms with Crippen LogP contribution in [0.3, 0.4) is 0 Å². The number of amides is 3. The van der Waals surface area contributed by atoms with Gasteiger partial charge in [-0.25, -0.2) is 0 Å². The van der Waals surface area contributed by atoms with Gasteiger partial charge in [-0.2, -0.15) is 0 Å². The number of imide groups is 1. The molecule has 1 atom stereocenters. The summed E-state index contributed by atoms with van der Waals surface area (Å²) in [5, 5.41) is 14.6. The second kappa shape index (κ2) is 8.55. The molecule has 1 saturated carbocycles. The van der Waals surface area contributed by atoms with Crippen LogP contribution in [0.4, 0.5) is 5.13 Å². The van der Waals surface area contributed by atoms with Crippen LogP contribution in [0.2, 0.25) is 0 Å². The van der Waals surface area contributed by atoms with Crippen molar-refractivity contribution in [3.63, 3.8) is 0 Å². The van der Waals surface area contributed by atoms with Crippen LogP contribution in [-0.2, 0) is 14.4 Å². The summed E-state index contributed by atoms with van der Waals surface area (Å²) >= 11 is 2.70. The van der Waals surface area contributed by atoms with Gasteiger partial charge in [-0.1, -0.05) is 49.3 Å². The Hall–Kier alpha value is -1.68. The lowest BCUT2D eigenvalue weighted by Crippen LogP contribution is -2.69. The first-order valence-corrected chi connectivity index (χ1v) is 11.1. The quantitative estimate of drug-likeness (QED) is 0.545. The summed E-state index contributed by atoms with van der Waals surface area (Å²) in [6.07, 6.45) is 5.04. The summed E-state index contributed by atoms with van der Waals surface area (Å²) in [5.41, 5.74) is -0.867. The molecule has 0 radical (unpaired) electrons. The molecule has 0 aromatic carbocycles. The van der Waals surface area contributed by atoms with Crippen molar-refractivity contribution >= 4 is 46.0 Å². The zero-order valence-corrected chi connectivity index (χ0v) is 17.3. The number of carbonyl (C=O) groups excluding carboxylic acids is 3. The summed E-state index contributed by atoms with van der Waals surface area (Å²) < 4.78 is 0.694. The number of carbonyl (C=O) groups is 3. The molecule has 1 spiro atoms. The molecule has 10 heteroatoms. The van der Waals surface area contributed by atoms with Crippen molar-refractivity contribution < 1.29 is 14.4 Å². The number of nitrogens with one attached hydrogen (secondary N) is 2. The van der Waals surface area contributed by atoms with E-state index in [-0.39, 0.29) is 24.1 Å². The molecule has 1 saturated heterocycles. The minimum absolute atomic E-state index is 0.0535. The number of piperazine rings is 1. The molecule has 2 fully saturated rings. The fourth-order valence-electron chi connectivity index (χ4n) is 3.50. The summed E-state index contributed by atoms with van der Waals surface area (Å²) in [5.74, 6) is -0.796. The van der Waals surface area contributed by atoms with Crippen LogP contribution in [0.5, 0.6) is 0 Å². The highest BCUT2D eigenvalue weighted by atomic mass is 32.2. The van der Waals surface area contributed by atoms with Gasteiger partial charge in [0, 0.05) is 6.04 Å². The molecule has 2 aliphatic rings. The number of anilines is 1. The molecule has 3 rings (SSSR count). The van der Waals surface area contributed by atoms with Crippen LogP contribution >= 0.6 is 23.1 Å². The van der Waals surface area contributed by atoms with Crippen LogP contribution in [-0.4, -0.2) is 56.7 Å². The van der Waals surface area contributed by atoms with E-state index in [0.717, 1.165) is 30.8 Å². The monoisotopic (exact) mass is 411 g/mol. The zero-order valence-electron chi connectivity index (χ0n) is 15.6. The Labute approximate surface area is 166 Å². The highest BCUT2D eigenvalue weighted by Crippen LogP contribution is 2.36. The fraction of sp³-hybridized carbons (Fsp3) is 0.706. The molecule has 1 aromatic heterocycles. The third-order valence-corrected chi connectivity index (χ3v) is 7.16. The van der Waals surface area contributed by atoms with Gasteiger partial charge in [0.1, 0.15) is 12.1 Å². The number of nitrogens with zero attached hydrogens (tertiary/aromatic N) is 3. The van der Waals surface area contributed by atoms with E-state index in [0.29, 0.717) is 23.2 Å². The van der Waals surface area contributed by atoms with Gasteiger partial charge in [-0.05, 0) is 26.2 Å². The summed E-state index contributed by atoms with van der Waals surface area (Å²) in [7, 11) is 0. The van der Waals surface area contributed by atoms with Gasteiger partial charge in [0.15, 0.2) is 4.34 Å². The fourth-order valence-corrected chi connectivity index (χ4v) is 5.24. The van der Waals surface area contributed by atoms with Crippen molar-refractivity contribution in [2.24, 2.45) is 0 Å². The van der Waals surface area contributed by atoms with E-state index in [4.69, 9.17) is 0 Å². The van der Waals surface area contributed by atoms with E-state index in [2.05, 4.69) is 34.7 Å². The predicted molar refractivity (Wildman–Crippen MR) is 105 cm³/mol. The van der Waals surface area contributed by atoms with Crippen LogP contribution < -0.4 is 10.6 Å². The van der Waals surface area contributed by atoms with Crippen molar-refractivity contribution in [1.29, 1.82) is 0 Å². The van der Waals surface area contributed by atoms with E-state index >= 15 is 0 Å². The average molecular weight is 412 g/mol. The normalized spacial score (nSPS) is 20.4. The van der Waals surface area contributed by atoms with E-state index in [1.807, 2.05) is 0 Å². The van der Waals surface area contributed by atoms with Crippen molar-refractivity contribution in [2.45, 2.75) is 68.3 Å². The van der Waals surface area contributed by atoms with Gasteiger partial charge in [-0.15, -0.1) is 10.2 Å². The minimum atomic E-state index is -0.867. The van der Waals surface area contributed by atoms with Gasteiger partial charge in [0.2, 0.25) is 16.9 Å². The van der Waals surface area contributed by atoms with Gasteiger partial charge in [0.05, 0.1) is 5.75 Å². The van der Waals surface area contributed by atoms with E-state index in [1.54, 1.807) is 0 Å². The SMILES string of the molecule is CC[C@H](C)Nc1nnc(SCC(=O)N2CC(=O)NC(=O)C23CCCCC3)s1. The van der Waals surface area contributed by atoms with Gasteiger partial charge >= 0.3 is 0 Å². The maximum absolute atomic E-state index is 12.9.